The zero-order valence-electron chi connectivity index (χ0n) is 11.2. The van der Waals surface area contributed by atoms with Crippen LogP contribution in [0.3, 0.4) is 0 Å². The van der Waals surface area contributed by atoms with Crippen molar-refractivity contribution in [3.63, 3.8) is 0 Å². The number of hydrogen-bond acceptors (Lipinski definition) is 4. The molecule has 2 rings (SSSR count). The van der Waals surface area contributed by atoms with Crippen molar-refractivity contribution in [2.24, 2.45) is 0 Å². The first-order chi connectivity index (χ1) is 8.72. The van der Waals surface area contributed by atoms with Gasteiger partial charge in [-0.1, -0.05) is 19.8 Å². The van der Waals surface area contributed by atoms with Crippen molar-refractivity contribution in [2.75, 3.05) is 20.3 Å². The van der Waals surface area contributed by atoms with Gasteiger partial charge in [-0.25, -0.2) is 0 Å². The fourth-order valence-electron chi connectivity index (χ4n) is 2.29. The van der Waals surface area contributed by atoms with Gasteiger partial charge in [-0.15, -0.1) is 0 Å². The van der Waals surface area contributed by atoms with Crippen LogP contribution < -0.4 is 0 Å². The molecule has 0 saturated heterocycles. The molecule has 0 spiro atoms. The van der Waals surface area contributed by atoms with Crippen LogP contribution in [-0.2, 0) is 0 Å². The number of aliphatic hydroxyl groups is 1. The van der Waals surface area contributed by atoms with Gasteiger partial charge in [0.2, 0.25) is 0 Å². The average Bonchev–Trinajstić information content (AvgIpc) is 2.98. The fraction of sp³-hybridized carbons (Fsp3) is 0.571. The third-order valence-electron chi connectivity index (χ3n) is 3.24. The quantitative estimate of drug-likeness (QED) is 0.788. The van der Waals surface area contributed by atoms with Gasteiger partial charge in [0.15, 0.2) is 6.10 Å². The summed E-state index contributed by atoms with van der Waals surface area (Å²) >= 11 is 0. The van der Waals surface area contributed by atoms with Gasteiger partial charge in [-0.2, -0.15) is 0 Å². The van der Waals surface area contributed by atoms with Crippen LogP contribution in [0.4, 0.5) is 0 Å². The van der Waals surface area contributed by atoms with E-state index in [1.807, 2.05) is 19.3 Å². The molecule has 1 N–H and O–H groups in total. The summed E-state index contributed by atoms with van der Waals surface area (Å²) in [6, 6.07) is 3.62. The van der Waals surface area contributed by atoms with Gasteiger partial charge >= 0.3 is 0 Å². The molecule has 0 radical (unpaired) electrons. The molecule has 0 amide bonds. The van der Waals surface area contributed by atoms with Gasteiger partial charge in [0.05, 0.1) is 18.6 Å². The molecule has 1 aromatic rings. The molecule has 100 valence electrons. The largest absolute Gasteiger partial charge is 0.466 e. The van der Waals surface area contributed by atoms with E-state index in [4.69, 9.17) is 4.42 Å². The molecule has 1 aliphatic heterocycles. The van der Waals surface area contributed by atoms with Crippen LogP contribution in [0.1, 0.15) is 38.1 Å². The van der Waals surface area contributed by atoms with Gasteiger partial charge in [-0.05, 0) is 18.6 Å². The Kier molecular flexibility index (Phi) is 4.31. The normalized spacial score (nSPS) is 17.2. The van der Waals surface area contributed by atoms with E-state index in [0.717, 1.165) is 25.3 Å². The summed E-state index contributed by atoms with van der Waals surface area (Å²) in [4.78, 5) is 4.32. The van der Waals surface area contributed by atoms with Gasteiger partial charge in [0.1, 0.15) is 5.76 Å². The first-order valence-corrected chi connectivity index (χ1v) is 6.60. The number of furan rings is 1. The zero-order chi connectivity index (χ0) is 13.0. The Balaban J connectivity index is 2.01. The maximum absolute atomic E-state index is 10.3. The average molecular weight is 250 g/mol. The van der Waals surface area contributed by atoms with Crippen LogP contribution in [0.5, 0.6) is 0 Å². The second-order valence-corrected chi connectivity index (χ2v) is 4.84. The molecule has 0 bridgehead atoms. The summed E-state index contributed by atoms with van der Waals surface area (Å²) < 4.78 is 5.28. The SMILES string of the molecule is CCCCCN1CN(C)C=C1C(O)c1ccco1. The second-order valence-electron chi connectivity index (χ2n) is 4.84. The van der Waals surface area contributed by atoms with E-state index in [9.17, 15) is 5.11 Å². The lowest BCUT2D eigenvalue weighted by Gasteiger charge is -2.24. The Bertz CT molecular complexity index is 387. The first kappa shape index (κ1) is 13.0. The molecule has 1 atom stereocenters. The van der Waals surface area contributed by atoms with Crippen LogP contribution in [0.2, 0.25) is 0 Å². The summed E-state index contributed by atoms with van der Waals surface area (Å²) in [5.74, 6) is 0.608. The molecule has 2 heterocycles. The number of nitrogens with zero attached hydrogens (tertiary/aromatic N) is 2. The maximum Gasteiger partial charge on any atom is 0.153 e. The predicted molar refractivity (Wildman–Crippen MR) is 70.6 cm³/mol. The summed E-state index contributed by atoms with van der Waals surface area (Å²) in [5.41, 5.74) is 0.934. The molecule has 4 nitrogen and oxygen atoms in total. The second kappa shape index (κ2) is 5.96. The Morgan fingerprint density at radius 3 is 2.94 bits per heavy atom. The lowest BCUT2D eigenvalue weighted by atomic mass is 10.2. The highest BCUT2D eigenvalue weighted by molar-refractivity contribution is 5.19. The van der Waals surface area contributed by atoms with Crippen molar-refractivity contribution < 1.29 is 9.52 Å². The minimum atomic E-state index is -0.661. The zero-order valence-corrected chi connectivity index (χ0v) is 11.2. The predicted octanol–water partition coefficient (Wildman–Crippen LogP) is 2.55. The van der Waals surface area contributed by atoms with Crippen molar-refractivity contribution in [3.8, 4) is 0 Å². The summed E-state index contributed by atoms with van der Waals surface area (Å²) in [6.45, 7) is 4.03. The van der Waals surface area contributed by atoms with Gasteiger partial charge in [-0.3, -0.25) is 0 Å². The number of rotatable bonds is 6. The van der Waals surface area contributed by atoms with Crippen LogP contribution in [0, 0.1) is 0 Å². The fourth-order valence-corrected chi connectivity index (χ4v) is 2.29. The molecule has 1 aliphatic rings. The highest BCUT2D eigenvalue weighted by atomic mass is 16.4. The minimum Gasteiger partial charge on any atom is -0.466 e. The minimum absolute atomic E-state index is 0.608. The maximum atomic E-state index is 10.3. The van der Waals surface area contributed by atoms with Crippen molar-refractivity contribution in [1.82, 2.24) is 9.80 Å². The first-order valence-electron chi connectivity index (χ1n) is 6.60. The van der Waals surface area contributed by atoms with Crippen molar-refractivity contribution in [1.29, 1.82) is 0 Å². The Hall–Kier alpha value is -1.42. The van der Waals surface area contributed by atoms with Crippen LogP contribution in [-0.4, -0.2) is 35.2 Å². The Labute approximate surface area is 108 Å². The number of aliphatic hydroxyl groups excluding tert-OH is 1. The standard InChI is InChI=1S/C14H22N2O2/c1-3-4-5-8-16-11-15(2)10-12(16)14(17)13-7-6-9-18-13/h6-7,9-10,14,17H,3-5,8,11H2,1-2H3. The van der Waals surface area contributed by atoms with E-state index >= 15 is 0 Å². The molecule has 1 unspecified atom stereocenters. The van der Waals surface area contributed by atoms with E-state index in [1.54, 1.807) is 12.3 Å². The van der Waals surface area contributed by atoms with Gasteiger partial charge < -0.3 is 19.3 Å². The Morgan fingerprint density at radius 1 is 1.44 bits per heavy atom. The molecular formula is C14H22N2O2. The monoisotopic (exact) mass is 250 g/mol. The van der Waals surface area contributed by atoms with Crippen LogP contribution >= 0.6 is 0 Å². The lowest BCUT2D eigenvalue weighted by molar-refractivity contribution is 0.142. The molecule has 4 heteroatoms. The van der Waals surface area contributed by atoms with E-state index in [0.29, 0.717) is 5.76 Å². The van der Waals surface area contributed by atoms with E-state index in [1.165, 1.54) is 12.8 Å². The highest BCUT2D eigenvalue weighted by Crippen LogP contribution is 2.29. The molecular weight excluding hydrogens is 228 g/mol. The molecule has 1 aromatic heterocycles. The van der Waals surface area contributed by atoms with Crippen molar-refractivity contribution >= 4 is 0 Å². The van der Waals surface area contributed by atoms with Crippen LogP contribution in [0.25, 0.3) is 0 Å². The van der Waals surface area contributed by atoms with E-state index in [2.05, 4.69) is 16.7 Å². The molecule has 0 aliphatic carbocycles. The third-order valence-corrected chi connectivity index (χ3v) is 3.24. The number of unbranched alkanes of at least 4 members (excludes halogenated alkanes) is 2. The van der Waals surface area contributed by atoms with Crippen molar-refractivity contribution in [2.45, 2.75) is 32.3 Å². The molecule has 0 saturated carbocycles. The lowest BCUT2D eigenvalue weighted by Crippen LogP contribution is -2.28. The van der Waals surface area contributed by atoms with E-state index < -0.39 is 6.10 Å². The third kappa shape index (κ3) is 2.88. The summed E-state index contributed by atoms with van der Waals surface area (Å²) in [5, 5.41) is 10.3. The highest BCUT2D eigenvalue weighted by Gasteiger charge is 2.26. The van der Waals surface area contributed by atoms with E-state index in [-0.39, 0.29) is 0 Å². The van der Waals surface area contributed by atoms with Gasteiger partial charge in [0.25, 0.3) is 0 Å². The Morgan fingerprint density at radius 2 is 2.28 bits per heavy atom. The molecule has 18 heavy (non-hydrogen) atoms. The molecule has 0 fully saturated rings. The summed E-state index contributed by atoms with van der Waals surface area (Å²) in [6.07, 6.45) is 6.53. The smallest absolute Gasteiger partial charge is 0.153 e. The number of hydrogen-bond donors (Lipinski definition) is 1. The van der Waals surface area contributed by atoms with Crippen LogP contribution in [0.15, 0.2) is 34.7 Å². The van der Waals surface area contributed by atoms with Crippen molar-refractivity contribution in [3.05, 3.63) is 36.1 Å². The topological polar surface area (TPSA) is 39.9 Å². The molecule has 0 aromatic carbocycles. The summed E-state index contributed by atoms with van der Waals surface area (Å²) in [7, 11) is 2.02. The van der Waals surface area contributed by atoms with Gasteiger partial charge in [0, 0.05) is 19.8 Å².